The van der Waals surface area contributed by atoms with Crippen LogP contribution in [0, 0.1) is 0 Å². The maximum atomic E-state index is 13.2. The number of para-hydroxylation sites is 3. The SMILES string of the molecule is NC(=O)c1ccccc1OCc1cccc(C(=O)N2CCC(n3c(=O)[nH]c4ccccc43)CC2)c1. The molecule has 0 atom stereocenters. The number of amides is 2. The lowest BCUT2D eigenvalue weighted by Crippen LogP contribution is -2.40. The summed E-state index contributed by atoms with van der Waals surface area (Å²) in [5.74, 6) is -0.191. The number of hydrogen-bond acceptors (Lipinski definition) is 4. The van der Waals surface area contributed by atoms with Gasteiger partial charge >= 0.3 is 5.69 Å². The Kier molecular flexibility index (Phi) is 6.10. The number of aromatic nitrogens is 2. The number of imidazole rings is 1. The summed E-state index contributed by atoms with van der Waals surface area (Å²) in [6, 6.07) is 21.8. The second-order valence-electron chi connectivity index (χ2n) is 8.69. The van der Waals surface area contributed by atoms with Gasteiger partial charge in [-0.2, -0.15) is 0 Å². The highest BCUT2D eigenvalue weighted by atomic mass is 16.5. The Bertz CT molecular complexity index is 1450. The molecule has 0 saturated carbocycles. The Balaban J connectivity index is 1.25. The topological polar surface area (TPSA) is 110 Å². The summed E-state index contributed by atoms with van der Waals surface area (Å²) in [6.45, 7) is 1.35. The first-order chi connectivity index (χ1) is 17.0. The van der Waals surface area contributed by atoms with Crippen LogP contribution < -0.4 is 16.2 Å². The van der Waals surface area contributed by atoms with Crippen LogP contribution in [0.5, 0.6) is 5.75 Å². The summed E-state index contributed by atoms with van der Waals surface area (Å²) in [6.07, 6.45) is 1.42. The largest absolute Gasteiger partial charge is 0.488 e. The van der Waals surface area contributed by atoms with Crippen molar-refractivity contribution < 1.29 is 14.3 Å². The van der Waals surface area contributed by atoms with Crippen LogP contribution in [0.15, 0.2) is 77.6 Å². The lowest BCUT2D eigenvalue weighted by atomic mass is 10.0. The maximum absolute atomic E-state index is 13.2. The third-order valence-corrected chi connectivity index (χ3v) is 6.46. The average molecular weight is 471 g/mol. The minimum absolute atomic E-state index is 0.0471. The predicted molar refractivity (Wildman–Crippen MR) is 132 cm³/mol. The zero-order chi connectivity index (χ0) is 24.4. The molecule has 178 valence electrons. The molecule has 3 N–H and O–H groups in total. The Labute approximate surface area is 201 Å². The van der Waals surface area contributed by atoms with Gasteiger partial charge in [0.2, 0.25) is 0 Å². The number of nitrogens with one attached hydrogen (secondary N) is 1. The van der Waals surface area contributed by atoms with Crippen LogP contribution in [0.3, 0.4) is 0 Å². The number of piperidine rings is 1. The number of ether oxygens (including phenoxy) is 1. The number of benzene rings is 3. The molecule has 35 heavy (non-hydrogen) atoms. The van der Waals surface area contributed by atoms with Gasteiger partial charge in [0, 0.05) is 24.7 Å². The van der Waals surface area contributed by atoms with Gasteiger partial charge < -0.3 is 20.4 Å². The number of carbonyl (C=O) groups excluding carboxylic acids is 2. The highest BCUT2D eigenvalue weighted by Gasteiger charge is 2.26. The van der Waals surface area contributed by atoms with E-state index < -0.39 is 5.91 Å². The van der Waals surface area contributed by atoms with Crippen molar-refractivity contribution in [1.82, 2.24) is 14.5 Å². The van der Waals surface area contributed by atoms with Crippen LogP contribution in [-0.4, -0.2) is 39.4 Å². The number of aromatic amines is 1. The quantitative estimate of drug-likeness (QED) is 0.449. The van der Waals surface area contributed by atoms with E-state index in [1.807, 2.05) is 51.9 Å². The van der Waals surface area contributed by atoms with Gasteiger partial charge in [-0.05, 0) is 54.8 Å². The molecule has 2 amide bonds. The summed E-state index contributed by atoms with van der Waals surface area (Å²) < 4.78 is 7.62. The fourth-order valence-electron chi connectivity index (χ4n) is 4.70. The van der Waals surface area contributed by atoms with Crippen LogP contribution in [-0.2, 0) is 6.61 Å². The zero-order valence-electron chi connectivity index (χ0n) is 19.1. The van der Waals surface area contributed by atoms with Crippen molar-refractivity contribution in [2.75, 3.05) is 13.1 Å². The molecule has 0 unspecified atom stereocenters. The van der Waals surface area contributed by atoms with E-state index in [-0.39, 0.29) is 24.2 Å². The van der Waals surface area contributed by atoms with Gasteiger partial charge in [-0.15, -0.1) is 0 Å². The molecule has 8 nitrogen and oxygen atoms in total. The highest BCUT2D eigenvalue weighted by Crippen LogP contribution is 2.26. The molecular formula is C27H26N4O4. The first kappa shape index (κ1) is 22.5. The van der Waals surface area contributed by atoms with E-state index in [1.165, 1.54) is 0 Å². The smallest absolute Gasteiger partial charge is 0.326 e. The maximum Gasteiger partial charge on any atom is 0.326 e. The Morgan fingerprint density at radius 2 is 1.71 bits per heavy atom. The normalized spacial score (nSPS) is 14.2. The van der Waals surface area contributed by atoms with Crippen molar-refractivity contribution in [3.05, 3.63) is 100.0 Å². The standard InChI is InChI=1S/C27H26N4O4/c28-25(32)21-8-1-4-11-24(21)35-17-18-6-5-7-19(16-18)26(33)30-14-12-20(13-15-30)31-23-10-3-2-9-22(23)29-27(31)34/h1-11,16,20H,12-15,17H2,(H2,28,32)(H,29,34). The van der Waals surface area contributed by atoms with E-state index in [2.05, 4.69) is 4.98 Å². The molecule has 0 radical (unpaired) electrons. The van der Waals surface area contributed by atoms with Gasteiger partial charge in [0.25, 0.3) is 11.8 Å². The number of carbonyl (C=O) groups is 2. The first-order valence-electron chi connectivity index (χ1n) is 11.6. The fourth-order valence-corrected chi connectivity index (χ4v) is 4.70. The number of hydrogen-bond donors (Lipinski definition) is 2. The van der Waals surface area contributed by atoms with Crippen LogP contribution in [0.25, 0.3) is 11.0 Å². The fraction of sp³-hybridized carbons (Fsp3) is 0.222. The highest BCUT2D eigenvalue weighted by molar-refractivity contribution is 5.95. The summed E-state index contributed by atoms with van der Waals surface area (Å²) in [4.78, 5) is 42.1. The zero-order valence-corrected chi connectivity index (χ0v) is 19.1. The molecule has 0 spiro atoms. The number of fused-ring (bicyclic) bond motifs is 1. The van der Waals surface area contributed by atoms with Crippen molar-refractivity contribution >= 4 is 22.8 Å². The van der Waals surface area contributed by atoms with Crippen molar-refractivity contribution in [2.24, 2.45) is 5.73 Å². The van der Waals surface area contributed by atoms with Gasteiger partial charge in [-0.1, -0.05) is 36.4 Å². The summed E-state index contributed by atoms with van der Waals surface area (Å²) in [5.41, 5.74) is 8.74. The summed E-state index contributed by atoms with van der Waals surface area (Å²) >= 11 is 0. The lowest BCUT2D eigenvalue weighted by Gasteiger charge is -2.32. The first-order valence-corrected chi connectivity index (χ1v) is 11.6. The number of rotatable bonds is 6. The van der Waals surface area contributed by atoms with Crippen LogP contribution in [0.4, 0.5) is 0 Å². The summed E-state index contributed by atoms with van der Waals surface area (Å²) in [7, 11) is 0. The minimum Gasteiger partial charge on any atom is -0.488 e. The second kappa shape index (κ2) is 9.50. The number of nitrogens with zero attached hydrogens (tertiary/aromatic N) is 2. The molecule has 1 aliphatic heterocycles. The van der Waals surface area contributed by atoms with E-state index >= 15 is 0 Å². The Hall–Kier alpha value is -4.33. The molecule has 8 heteroatoms. The van der Waals surface area contributed by atoms with Crippen molar-refractivity contribution in [2.45, 2.75) is 25.5 Å². The molecule has 0 bridgehead atoms. The molecule has 5 rings (SSSR count). The number of H-pyrrole nitrogens is 1. The van der Waals surface area contributed by atoms with Crippen LogP contribution >= 0.6 is 0 Å². The molecular weight excluding hydrogens is 444 g/mol. The molecule has 4 aromatic rings. The predicted octanol–water partition coefficient (Wildman–Crippen LogP) is 3.48. The van der Waals surface area contributed by atoms with Gasteiger partial charge in [-0.3, -0.25) is 14.2 Å². The molecule has 0 aliphatic carbocycles. The van der Waals surface area contributed by atoms with Crippen molar-refractivity contribution in [3.8, 4) is 5.75 Å². The number of likely N-dealkylation sites (tertiary alicyclic amines) is 1. The Morgan fingerprint density at radius 1 is 0.971 bits per heavy atom. The second-order valence-corrected chi connectivity index (χ2v) is 8.69. The van der Waals surface area contributed by atoms with E-state index in [9.17, 15) is 14.4 Å². The van der Waals surface area contributed by atoms with E-state index in [4.69, 9.17) is 10.5 Å². The van der Waals surface area contributed by atoms with Gasteiger partial charge in [0.15, 0.2) is 0 Å². The monoisotopic (exact) mass is 470 g/mol. The number of nitrogens with two attached hydrogens (primary N) is 1. The Morgan fingerprint density at radius 3 is 2.51 bits per heavy atom. The summed E-state index contributed by atoms with van der Waals surface area (Å²) in [5, 5.41) is 0. The average Bonchev–Trinajstić information content (AvgIpc) is 3.23. The third kappa shape index (κ3) is 4.55. The van der Waals surface area contributed by atoms with Gasteiger partial charge in [0.05, 0.1) is 16.6 Å². The molecule has 3 aromatic carbocycles. The van der Waals surface area contributed by atoms with Gasteiger partial charge in [-0.25, -0.2) is 4.79 Å². The molecule has 2 heterocycles. The minimum atomic E-state index is -0.553. The van der Waals surface area contributed by atoms with Crippen molar-refractivity contribution in [1.29, 1.82) is 0 Å². The lowest BCUT2D eigenvalue weighted by molar-refractivity contribution is 0.0694. The molecule has 1 saturated heterocycles. The van der Waals surface area contributed by atoms with E-state index in [1.54, 1.807) is 30.3 Å². The van der Waals surface area contributed by atoms with Gasteiger partial charge in [0.1, 0.15) is 12.4 Å². The van der Waals surface area contributed by atoms with E-state index in [0.717, 1.165) is 16.6 Å². The van der Waals surface area contributed by atoms with Crippen LogP contribution in [0.1, 0.15) is 45.2 Å². The number of primary amides is 1. The molecule has 1 aromatic heterocycles. The molecule has 1 aliphatic rings. The molecule has 1 fully saturated rings. The third-order valence-electron chi connectivity index (χ3n) is 6.46. The van der Waals surface area contributed by atoms with Crippen LogP contribution in [0.2, 0.25) is 0 Å². The van der Waals surface area contributed by atoms with Crippen molar-refractivity contribution in [3.63, 3.8) is 0 Å². The van der Waals surface area contributed by atoms with E-state index in [0.29, 0.717) is 42.8 Å².